The largest absolute Gasteiger partial charge is 0.480 e. The van der Waals surface area contributed by atoms with Crippen molar-refractivity contribution in [2.45, 2.75) is 11.5 Å². The van der Waals surface area contributed by atoms with Crippen LogP contribution >= 0.6 is 15.9 Å². The van der Waals surface area contributed by atoms with Gasteiger partial charge in [0, 0.05) is 17.7 Å². The summed E-state index contributed by atoms with van der Waals surface area (Å²) in [5.41, 5.74) is 4.43. The van der Waals surface area contributed by atoms with Crippen LogP contribution in [0.25, 0.3) is 11.1 Å². The van der Waals surface area contributed by atoms with Crippen molar-refractivity contribution >= 4 is 28.0 Å². The fourth-order valence-electron chi connectivity index (χ4n) is 4.59. The minimum Gasteiger partial charge on any atom is -0.480 e. The van der Waals surface area contributed by atoms with Crippen LogP contribution in [0.5, 0.6) is 0 Å². The van der Waals surface area contributed by atoms with Crippen LogP contribution in [0.1, 0.15) is 22.6 Å². The molecule has 168 valence electrons. The zero-order valence-corrected chi connectivity index (χ0v) is 19.2. The first-order valence-electron chi connectivity index (χ1n) is 10.5. The highest BCUT2D eigenvalue weighted by molar-refractivity contribution is 9.10. The van der Waals surface area contributed by atoms with Gasteiger partial charge in [0.1, 0.15) is 23.4 Å². The van der Waals surface area contributed by atoms with Crippen LogP contribution in [-0.2, 0) is 19.9 Å². The Kier molecular flexibility index (Phi) is 5.64. The molecular weight excluding hydrogens is 488 g/mol. The number of aromatic nitrogens is 1. The second kappa shape index (κ2) is 8.61. The molecule has 2 aromatic carbocycles. The number of carboxylic acid groups (broad SMARTS) is 1. The van der Waals surface area contributed by atoms with Crippen molar-refractivity contribution in [3.8, 4) is 11.1 Å². The predicted octanol–water partition coefficient (Wildman–Crippen LogP) is 4.41. The second-order valence-corrected chi connectivity index (χ2v) is 9.02. The molecule has 7 nitrogen and oxygen atoms in total. The van der Waals surface area contributed by atoms with E-state index in [9.17, 15) is 9.59 Å². The lowest BCUT2D eigenvalue weighted by atomic mass is 9.87. The van der Waals surface area contributed by atoms with Crippen molar-refractivity contribution < 1.29 is 24.2 Å². The minimum atomic E-state index is -1.07. The van der Waals surface area contributed by atoms with Gasteiger partial charge in [-0.25, -0.2) is 14.6 Å². The maximum Gasteiger partial charge on any atom is 0.410 e. The van der Waals surface area contributed by atoms with Gasteiger partial charge in [0.25, 0.3) is 0 Å². The average molecular weight is 509 g/mol. The molecule has 1 fully saturated rings. The first kappa shape index (κ1) is 21.6. The lowest BCUT2D eigenvalue weighted by molar-refractivity contribution is -0.168. The lowest BCUT2D eigenvalue weighted by Gasteiger charge is -2.48. The summed E-state index contributed by atoms with van der Waals surface area (Å²) in [7, 11) is 0. The summed E-state index contributed by atoms with van der Waals surface area (Å²) in [5, 5.41) is 9.07. The highest BCUT2D eigenvalue weighted by Crippen LogP contribution is 2.45. The molecule has 8 heteroatoms. The topological polar surface area (TPSA) is 89.0 Å². The summed E-state index contributed by atoms with van der Waals surface area (Å²) in [6.45, 7) is 0.154. The fourth-order valence-corrected chi connectivity index (χ4v) is 4.82. The Morgan fingerprint density at radius 3 is 2.24 bits per heavy atom. The van der Waals surface area contributed by atoms with Gasteiger partial charge in [-0.05, 0) is 44.3 Å². The monoisotopic (exact) mass is 508 g/mol. The van der Waals surface area contributed by atoms with Crippen LogP contribution in [0.4, 0.5) is 4.79 Å². The molecule has 1 N–H and O–H groups in total. The fraction of sp³-hybridized carbons (Fsp3) is 0.240. The summed E-state index contributed by atoms with van der Waals surface area (Å²) in [5.74, 6) is -1.09. The molecule has 1 aliphatic carbocycles. The molecule has 33 heavy (non-hydrogen) atoms. The molecule has 1 aliphatic heterocycles. The third kappa shape index (κ3) is 4.00. The molecular formula is C25H21BrN2O5. The van der Waals surface area contributed by atoms with E-state index in [1.807, 2.05) is 30.3 Å². The maximum atomic E-state index is 12.8. The Morgan fingerprint density at radius 1 is 1.03 bits per heavy atom. The number of carbonyl (C=O) groups is 2. The normalized spacial score (nSPS) is 16.0. The van der Waals surface area contributed by atoms with Crippen molar-refractivity contribution in [2.75, 3.05) is 26.3 Å². The lowest BCUT2D eigenvalue weighted by Crippen LogP contribution is -2.63. The summed E-state index contributed by atoms with van der Waals surface area (Å²) in [6.07, 6.45) is 1.18. The van der Waals surface area contributed by atoms with Gasteiger partial charge >= 0.3 is 12.1 Å². The first-order chi connectivity index (χ1) is 16.0. The van der Waals surface area contributed by atoms with Crippen molar-refractivity contribution in [1.82, 2.24) is 9.88 Å². The molecule has 1 aromatic heterocycles. The van der Waals surface area contributed by atoms with Gasteiger partial charge in [0.15, 0.2) is 0 Å². The Labute approximate surface area is 199 Å². The van der Waals surface area contributed by atoms with Gasteiger partial charge in [0.05, 0.1) is 13.1 Å². The van der Waals surface area contributed by atoms with E-state index in [4.69, 9.17) is 14.6 Å². The van der Waals surface area contributed by atoms with E-state index in [-0.39, 0.29) is 25.6 Å². The minimum absolute atomic E-state index is 0.0219. The van der Waals surface area contributed by atoms with Crippen LogP contribution in [0.2, 0.25) is 0 Å². The van der Waals surface area contributed by atoms with Gasteiger partial charge in [-0.15, -0.1) is 0 Å². The number of carbonyl (C=O) groups excluding carboxylic acids is 1. The summed E-state index contributed by atoms with van der Waals surface area (Å²) in [4.78, 5) is 29.6. The molecule has 0 atom stereocenters. The van der Waals surface area contributed by atoms with Gasteiger partial charge in [0.2, 0.25) is 0 Å². The number of halogens is 1. The quantitative estimate of drug-likeness (QED) is 0.496. The van der Waals surface area contributed by atoms with Gasteiger partial charge < -0.3 is 19.5 Å². The van der Waals surface area contributed by atoms with E-state index < -0.39 is 24.3 Å². The number of rotatable bonds is 6. The zero-order chi connectivity index (χ0) is 23.0. The number of likely N-dealkylation sites (tertiary alicyclic amines) is 1. The Hall–Kier alpha value is -3.23. The number of benzene rings is 2. The van der Waals surface area contributed by atoms with Crippen molar-refractivity contribution in [3.05, 3.63) is 88.2 Å². The molecule has 0 unspecified atom stereocenters. The second-order valence-electron chi connectivity index (χ2n) is 8.21. The standard InChI is InChI=1S/C25H21BrN2O5/c26-22-10-9-16(11-27-22)25(33-13-23(29)30)14-28(15-25)24(31)32-12-21-19-7-3-1-5-17(19)18-6-2-4-8-20(18)21/h1-11,21H,12-15H2,(H,29,30). The molecule has 1 saturated heterocycles. The summed E-state index contributed by atoms with van der Waals surface area (Å²) >= 11 is 3.29. The molecule has 2 heterocycles. The molecule has 1 amide bonds. The zero-order valence-electron chi connectivity index (χ0n) is 17.6. The summed E-state index contributed by atoms with van der Waals surface area (Å²) < 4.78 is 12.1. The molecule has 3 aromatic rings. The Morgan fingerprint density at radius 2 is 1.67 bits per heavy atom. The highest BCUT2D eigenvalue weighted by atomic mass is 79.9. The van der Waals surface area contributed by atoms with Crippen molar-refractivity contribution in [1.29, 1.82) is 0 Å². The van der Waals surface area contributed by atoms with E-state index in [1.165, 1.54) is 16.0 Å². The molecule has 0 radical (unpaired) electrons. The van der Waals surface area contributed by atoms with Crippen LogP contribution in [0.15, 0.2) is 71.5 Å². The van der Waals surface area contributed by atoms with Crippen molar-refractivity contribution in [2.24, 2.45) is 0 Å². The Balaban J connectivity index is 1.28. The molecule has 5 rings (SSSR count). The first-order valence-corrected chi connectivity index (χ1v) is 11.3. The maximum absolute atomic E-state index is 12.8. The number of ether oxygens (including phenoxy) is 2. The molecule has 0 saturated carbocycles. The van der Waals surface area contributed by atoms with E-state index in [2.05, 4.69) is 45.2 Å². The number of hydrogen-bond donors (Lipinski definition) is 1. The summed E-state index contributed by atoms with van der Waals surface area (Å²) in [6, 6.07) is 19.9. The SMILES string of the molecule is O=C(O)COC1(c2ccc(Br)nc2)CN(C(=O)OCC2c3ccccc3-c3ccccc32)C1. The average Bonchev–Trinajstić information content (AvgIpc) is 3.11. The van der Waals surface area contributed by atoms with Crippen LogP contribution in [0.3, 0.4) is 0 Å². The number of nitrogens with zero attached hydrogens (tertiary/aromatic N) is 2. The number of aliphatic carboxylic acids is 1. The molecule has 2 aliphatic rings. The van der Waals surface area contributed by atoms with E-state index >= 15 is 0 Å². The number of amides is 1. The van der Waals surface area contributed by atoms with Crippen LogP contribution in [0, 0.1) is 0 Å². The molecule has 0 bridgehead atoms. The molecule has 0 spiro atoms. The predicted molar refractivity (Wildman–Crippen MR) is 124 cm³/mol. The van der Waals surface area contributed by atoms with E-state index in [1.54, 1.807) is 12.3 Å². The van der Waals surface area contributed by atoms with Gasteiger partial charge in [-0.1, -0.05) is 54.6 Å². The number of hydrogen-bond acceptors (Lipinski definition) is 5. The van der Waals surface area contributed by atoms with E-state index in [0.29, 0.717) is 4.60 Å². The van der Waals surface area contributed by atoms with Gasteiger partial charge in [-0.2, -0.15) is 0 Å². The van der Waals surface area contributed by atoms with Crippen molar-refractivity contribution in [3.63, 3.8) is 0 Å². The number of fused-ring (bicyclic) bond motifs is 3. The smallest absolute Gasteiger partial charge is 0.410 e. The Bertz CT molecular complexity index is 1160. The number of pyridine rings is 1. The van der Waals surface area contributed by atoms with E-state index in [0.717, 1.165) is 16.7 Å². The highest BCUT2D eigenvalue weighted by Gasteiger charge is 2.49. The third-order valence-corrected chi connectivity index (χ3v) is 6.68. The number of carboxylic acids is 1. The van der Waals surface area contributed by atoms with Crippen LogP contribution < -0.4 is 0 Å². The third-order valence-electron chi connectivity index (χ3n) is 6.21. The van der Waals surface area contributed by atoms with Crippen LogP contribution in [-0.4, -0.2) is 53.4 Å². The van der Waals surface area contributed by atoms with Gasteiger partial charge in [-0.3, -0.25) is 0 Å².